The fraction of sp³-hybridized carbons (Fsp3) is 0.591. The smallest absolute Gasteiger partial charge is 0.149 e. The molecule has 0 unspecified atom stereocenters. The molecule has 1 fully saturated rings. The largest absolute Gasteiger partial charge is 0.360 e. The predicted octanol–water partition coefficient (Wildman–Crippen LogP) is 2.99. The van der Waals surface area contributed by atoms with Gasteiger partial charge in [0.1, 0.15) is 9.84 Å². The third kappa shape index (κ3) is 4.27. The van der Waals surface area contributed by atoms with E-state index in [0.29, 0.717) is 6.54 Å². The van der Waals surface area contributed by atoms with E-state index in [2.05, 4.69) is 49.0 Å². The molecule has 1 aromatic carbocycles. The Morgan fingerprint density at radius 3 is 2.59 bits per heavy atom. The van der Waals surface area contributed by atoms with Gasteiger partial charge < -0.3 is 4.74 Å². The van der Waals surface area contributed by atoms with Gasteiger partial charge in [-0.05, 0) is 44.7 Å². The van der Waals surface area contributed by atoms with Gasteiger partial charge >= 0.3 is 0 Å². The topological polar surface area (TPSA) is 64.4 Å². The number of hydrogen-bond acceptors (Lipinski definition) is 5. The van der Waals surface area contributed by atoms with Crippen molar-refractivity contribution in [3.05, 3.63) is 52.8 Å². The minimum absolute atomic E-state index is 0.117. The van der Waals surface area contributed by atoms with Gasteiger partial charge in [-0.15, -0.1) is 0 Å². The van der Waals surface area contributed by atoms with Crippen LogP contribution in [-0.4, -0.2) is 48.2 Å². The van der Waals surface area contributed by atoms with Crippen molar-refractivity contribution >= 4 is 9.84 Å². The van der Waals surface area contributed by atoms with Gasteiger partial charge in [0.05, 0.1) is 29.7 Å². The molecule has 7 heteroatoms. The normalized spacial score (nSPS) is 20.8. The van der Waals surface area contributed by atoms with E-state index in [9.17, 15) is 8.42 Å². The second kappa shape index (κ2) is 7.22. The van der Waals surface area contributed by atoms with Crippen LogP contribution in [0.3, 0.4) is 0 Å². The number of fused-ring (bicyclic) bond motifs is 2. The summed E-state index contributed by atoms with van der Waals surface area (Å²) >= 11 is 0. The molecule has 0 saturated carbocycles. The Bertz CT molecular complexity index is 1000. The van der Waals surface area contributed by atoms with E-state index in [-0.39, 0.29) is 17.0 Å². The molecule has 6 nitrogen and oxygen atoms in total. The van der Waals surface area contributed by atoms with Gasteiger partial charge in [-0.1, -0.05) is 23.8 Å². The van der Waals surface area contributed by atoms with Crippen LogP contribution in [0, 0.1) is 6.92 Å². The number of hydrogen-bond donors (Lipinski definition) is 0. The quantitative estimate of drug-likeness (QED) is 0.748. The Morgan fingerprint density at radius 2 is 1.90 bits per heavy atom. The predicted molar refractivity (Wildman–Crippen MR) is 113 cm³/mol. The Labute approximate surface area is 173 Å². The number of nitrogens with zero attached hydrogens (tertiary/aromatic N) is 3. The van der Waals surface area contributed by atoms with Crippen LogP contribution in [0.25, 0.3) is 0 Å². The average molecular weight is 418 g/mol. The lowest BCUT2D eigenvalue weighted by Gasteiger charge is -2.40. The maximum absolute atomic E-state index is 11.3. The van der Waals surface area contributed by atoms with E-state index >= 15 is 0 Å². The lowest BCUT2D eigenvalue weighted by Crippen LogP contribution is -2.43. The molecule has 2 aliphatic rings. The fourth-order valence-electron chi connectivity index (χ4n) is 4.73. The number of piperidine rings is 1. The second-order valence-electron chi connectivity index (χ2n) is 9.17. The standard InChI is InChI=1S/C22H31N3O3S/c1-17-5-6-19-20(13-17)22(28-21(19,2)3)7-9-24(10-8-22)15-18-14-23-25(16-18)11-12-29(4,26)27/h5-6,13-14,16H,7-12,15H2,1-4H3. The molecule has 0 amide bonds. The summed E-state index contributed by atoms with van der Waals surface area (Å²) < 4.78 is 31.1. The maximum atomic E-state index is 11.3. The van der Waals surface area contributed by atoms with Gasteiger partial charge in [0.15, 0.2) is 0 Å². The summed E-state index contributed by atoms with van der Waals surface area (Å²) in [6.07, 6.45) is 7.03. The fourth-order valence-corrected chi connectivity index (χ4v) is 5.25. The van der Waals surface area contributed by atoms with Crippen LogP contribution in [0.4, 0.5) is 0 Å². The molecular weight excluding hydrogens is 386 g/mol. The SMILES string of the molecule is Cc1ccc2c(c1)C1(CCN(Cc3cnn(CCS(C)(=O)=O)c3)CC1)OC2(C)C. The lowest BCUT2D eigenvalue weighted by molar-refractivity contribution is -0.150. The van der Waals surface area contributed by atoms with Crippen LogP contribution in [0.5, 0.6) is 0 Å². The zero-order valence-corrected chi connectivity index (χ0v) is 18.6. The first-order chi connectivity index (χ1) is 13.6. The van der Waals surface area contributed by atoms with Crippen molar-refractivity contribution < 1.29 is 13.2 Å². The summed E-state index contributed by atoms with van der Waals surface area (Å²) in [5.41, 5.74) is 4.68. The number of likely N-dealkylation sites (tertiary alicyclic amines) is 1. The summed E-state index contributed by atoms with van der Waals surface area (Å²) in [5, 5.41) is 4.32. The molecule has 0 bridgehead atoms. The first-order valence-electron chi connectivity index (χ1n) is 10.3. The van der Waals surface area contributed by atoms with Crippen molar-refractivity contribution in [2.75, 3.05) is 25.1 Å². The number of aryl methyl sites for hydroxylation is 2. The average Bonchev–Trinajstić information content (AvgIpc) is 3.16. The number of sulfone groups is 1. The van der Waals surface area contributed by atoms with Gasteiger partial charge in [-0.3, -0.25) is 9.58 Å². The minimum Gasteiger partial charge on any atom is -0.360 e. The molecule has 158 valence electrons. The molecule has 2 aromatic rings. The van der Waals surface area contributed by atoms with Crippen LogP contribution in [0.1, 0.15) is 48.9 Å². The van der Waals surface area contributed by atoms with Crippen molar-refractivity contribution in [1.29, 1.82) is 0 Å². The zero-order chi connectivity index (χ0) is 20.9. The van der Waals surface area contributed by atoms with Gasteiger partial charge in [0, 0.05) is 37.7 Å². The molecule has 3 heterocycles. The van der Waals surface area contributed by atoms with E-state index in [1.807, 2.05) is 12.4 Å². The van der Waals surface area contributed by atoms with E-state index in [1.54, 1.807) is 4.68 Å². The van der Waals surface area contributed by atoms with Crippen LogP contribution in [0.2, 0.25) is 0 Å². The number of benzene rings is 1. The second-order valence-corrected chi connectivity index (χ2v) is 11.4. The highest BCUT2D eigenvalue weighted by Gasteiger charge is 2.49. The first kappa shape index (κ1) is 20.6. The van der Waals surface area contributed by atoms with Crippen molar-refractivity contribution in [3.8, 4) is 0 Å². The van der Waals surface area contributed by atoms with Crippen molar-refractivity contribution in [2.24, 2.45) is 0 Å². The Kier molecular flexibility index (Phi) is 5.12. The van der Waals surface area contributed by atoms with Crippen LogP contribution >= 0.6 is 0 Å². The number of aromatic nitrogens is 2. The molecule has 0 N–H and O–H groups in total. The van der Waals surface area contributed by atoms with E-state index in [0.717, 1.165) is 38.0 Å². The van der Waals surface area contributed by atoms with Gasteiger partial charge in [-0.25, -0.2) is 8.42 Å². The lowest BCUT2D eigenvalue weighted by atomic mass is 9.81. The van der Waals surface area contributed by atoms with Gasteiger partial charge in [-0.2, -0.15) is 5.10 Å². The third-order valence-electron chi connectivity index (χ3n) is 6.21. The molecule has 0 atom stereocenters. The molecule has 1 aromatic heterocycles. The highest BCUT2D eigenvalue weighted by molar-refractivity contribution is 7.90. The van der Waals surface area contributed by atoms with Crippen molar-refractivity contribution in [1.82, 2.24) is 14.7 Å². The first-order valence-corrected chi connectivity index (χ1v) is 12.4. The van der Waals surface area contributed by atoms with Crippen LogP contribution < -0.4 is 0 Å². The van der Waals surface area contributed by atoms with Gasteiger partial charge in [0.25, 0.3) is 0 Å². The highest BCUT2D eigenvalue weighted by atomic mass is 32.2. The van der Waals surface area contributed by atoms with Crippen LogP contribution in [0.15, 0.2) is 30.6 Å². The summed E-state index contributed by atoms with van der Waals surface area (Å²) in [4.78, 5) is 2.44. The summed E-state index contributed by atoms with van der Waals surface area (Å²) in [6.45, 7) is 9.67. The van der Waals surface area contributed by atoms with Crippen molar-refractivity contribution in [3.63, 3.8) is 0 Å². The molecule has 4 rings (SSSR count). The molecule has 0 aliphatic carbocycles. The molecular formula is C22H31N3O3S. The summed E-state index contributed by atoms with van der Waals surface area (Å²) in [6, 6.07) is 6.72. The number of ether oxygens (including phenoxy) is 1. The van der Waals surface area contributed by atoms with Crippen molar-refractivity contribution in [2.45, 2.75) is 57.9 Å². The monoisotopic (exact) mass is 417 g/mol. The summed E-state index contributed by atoms with van der Waals surface area (Å²) in [5.74, 6) is 0.117. The minimum atomic E-state index is -2.98. The molecule has 1 saturated heterocycles. The van der Waals surface area contributed by atoms with E-state index < -0.39 is 9.84 Å². The van der Waals surface area contributed by atoms with Gasteiger partial charge in [0.2, 0.25) is 0 Å². The summed E-state index contributed by atoms with van der Waals surface area (Å²) in [7, 11) is -2.98. The maximum Gasteiger partial charge on any atom is 0.149 e. The molecule has 29 heavy (non-hydrogen) atoms. The third-order valence-corrected chi connectivity index (χ3v) is 7.14. The Morgan fingerprint density at radius 1 is 1.17 bits per heavy atom. The molecule has 2 aliphatic heterocycles. The van der Waals surface area contributed by atoms with Crippen LogP contribution in [-0.2, 0) is 38.9 Å². The molecule has 1 spiro atoms. The number of rotatable bonds is 5. The highest BCUT2D eigenvalue weighted by Crippen LogP contribution is 2.52. The zero-order valence-electron chi connectivity index (χ0n) is 17.8. The molecule has 0 radical (unpaired) electrons. The Balaban J connectivity index is 1.41. The van der Waals surface area contributed by atoms with E-state index in [1.165, 1.54) is 22.9 Å². The Hall–Kier alpha value is -1.70. The van der Waals surface area contributed by atoms with E-state index in [4.69, 9.17) is 4.74 Å².